The van der Waals surface area contributed by atoms with Gasteiger partial charge in [-0.25, -0.2) is 0 Å². The van der Waals surface area contributed by atoms with Crippen LogP contribution in [0.15, 0.2) is 83.8 Å². The van der Waals surface area contributed by atoms with Crippen LogP contribution in [0, 0.1) is 0 Å². The molecule has 1 aliphatic heterocycles. The van der Waals surface area contributed by atoms with Gasteiger partial charge >= 0.3 is 0 Å². The molecule has 37 heavy (non-hydrogen) atoms. The minimum absolute atomic E-state index is 0.162. The Kier molecular flexibility index (Phi) is 8.37. The number of anilines is 2. The van der Waals surface area contributed by atoms with Crippen molar-refractivity contribution in [1.29, 1.82) is 0 Å². The highest BCUT2D eigenvalue weighted by Crippen LogP contribution is 2.34. The van der Waals surface area contributed by atoms with E-state index in [1.54, 1.807) is 48.5 Å². The zero-order chi connectivity index (χ0) is 26.2. The topological polar surface area (TPSA) is 105 Å². The second-order valence-corrected chi connectivity index (χ2v) is 9.10. The molecule has 188 valence electrons. The van der Waals surface area contributed by atoms with E-state index < -0.39 is 23.6 Å². The van der Waals surface area contributed by atoms with Crippen LogP contribution in [0.3, 0.4) is 0 Å². The molecule has 1 aliphatic rings. The molecular formula is C28H25N3O5S. The zero-order valence-electron chi connectivity index (χ0n) is 20.1. The third-order valence-electron chi connectivity index (χ3n) is 5.44. The summed E-state index contributed by atoms with van der Waals surface area (Å²) in [5, 5.41) is 4.91. The van der Waals surface area contributed by atoms with E-state index in [1.165, 1.54) is 6.08 Å². The molecule has 3 aromatic carbocycles. The van der Waals surface area contributed by atoms with Crippen molar-refractivity contribution in [3.63, 3.8) is 0 Å². The highest BCUT2D eigenvalue weighted by Gasteiger charge is 2.36. The van der Waals surface area contributed by atoms with Crippen LogP contribution in [0.25, 0.3) is 6.08 Å². The SMILES string of the molecule is CCc1ccc(NC(=O)CN2C(=O)S/C(=C/c3ccccc3OCC(=O)Nc3ccccc3)C2=O)cc1. The number of carbonyl (C=O) groups is 4. The van der Waals surface area contributed by atoms with Gasteiger partial charge in [-0.3, -0.25) is 24.1 Å². The highest BCUT2D eigenvalue weighted by atomic mass is 32.2. The van der Waals surface area contributed by atoms with Gasteiger partial charge in [0.15, 0.2) is 6.61 Å². The molecule has 0 unspecified atom stereocenters. The van der Waals surface area contributed by atoms with Gasteiger partial charge in [-0.15, -0.1) is 0 Å². The van der Waals surface area contributed by atoms with E-state index in [-0.39, 0.29) is 17.4 Å². The van der Waals surface area contributed by atoms with Crippen LogP contribution >= 0.6 is 11.8 Å². The molecule has 0 radical (unpaired) electrons. The summed E-state index contributed by atoms with van der Waals surface area (Å²) in [6.45, 7) is 1.41. The van der Waals surface area contributed by atoms with Gasteiger partial charge in [0, 0.05) is 16.9 Å². The van der Waals surface area contributed by atoms with Crippen molar-refractivity contribution in [2.45, 2.75) is 13.3 Å². The molecule has 1 fully saturated rings. The van der Waals surface area contributed by atoms with Gasteiger partial charge in [0.25, 0.3) is 17.1 Å². The molecule has 1 heterocycles. The maximum atomic E-state index is 12.9. The zero-order valence-corrected chi connectivity index (χ0v) is 20.9. The van der Waals surface area contributed by atoms with Crippen LogP contribution < -0.4 is 15.4 Å². The van der Waals surface area contributed by atoms with E-state index in [0.29, 0.717) is 22.7 Å². The first-order valence-corrected chi connectivity index (χ1v) is 12.5. The number of nitrogens with one attached hydrogen (secondary N) is 2. The fraction of sp³-hybridized carbons (Fsp3) is 0.143. The summed E-state index contributed by atoms with van der Waals surface area (Å²) < 4.78 is 5.68. The first-order valence-electron chi connectivity index (χ1n) is 11.6. The number of imide groups is 1. The number of carbonyl (C=O) groups excluding carboxylic acids is 4. The summed E-state index contributed by atoms with van der Waals surface area (Å²) in [4.78, 5) is 51.2. The van der Waals surface area contributed by atoms with Crippen molar-refractivity contribution in [2.75, 3.05) is 23.8 Å². The van der Waals surface area contributed by atoms with Gasteiger partial charge in [0.2, 0.25) is 5.91 Å². The molecule has 3 aromatic rings. The molecule has 0 saturated carbocycles. The maximum Gasteiger partial charge on any atom is 0.294 e. The van der Waals surface area contributed by atoms with Crippen LogP contribution in [0.4, 0.5) is 16.2 Å². The van der Waals surface area contributed by atoms with Gasteiger partial charge in [-0.05, 0) is 60.2 Å². The predicted octanol–water partition coefficient (Wildman–Crippen LogP) is 4.94. The molecule has 4 amide bonds. The number of hydrogen-bond donors (Lipinski definition) is 2. The van der Waals surface area contributed by atoms with Gasteiger partial charge in [0.1, 0.15) is 12.3 Å². The van der Waals surface area contributed by atoms with E-state index in [0.717, 1.165) is 28.6 Å². The lowest BCUT2D eigenvalue weighted by molar-refractivity contribution is -0.127. The molecule has 9 heteroatoms. The monoisotopic (exact) mass is 515 g/mol. The number of thioether (sulfide) groups is 1. The third kappa shape index (κ3) is 6.86. The minimum atomic E-state index is -0.567. The predicted molar refractivity (Wildman–Crippen MR) is 144 cm³/mol. The molecule has 0 aromatic heterocycles. The fourth-order valence-electron chi connectivity index (χ4n) is 3.54. The van der Waals surface area contributed by atoms with Crippen molar-refractivity contribution < 1.29 is 23.9 Å². The van der Waals surface area contributed by atoms with Gasteiger partial charge in [0.05, 0.1) is 4.91 Å². The second kappa shape index (κ2) is 12.0. The van der Waals surface area contributed by atoms with E-state index in [1.807, 2.05) is 37.3 Å². The number of rotatable bonds is 9. The van der Waals surface area contributed by atoms with Crippen LogP contribution in [0.2, 0.25) is 0 Å². The van der Waals surface area contributed by atoms with E-state index >= 15 is 0 Å². The molecule has 0 bridgehead atoms. The number of benzene rings is 3. The molecule has 1 saturated heterocycles. The first kappa shape index (κ1) is 25.7. The maximum absolute atomic E-state index is 12.9. The van der Waals surface area contributed by atoms with Gasteiger partial charge in [-0.1, -0.05) is 55.5 Å². The van der Waals surface area contributed by atoms with Gasteiger partial charge in [-0.2, -0.15) is 0 Å². The Morgan fingerprint density at radius 1 is 0.865 bits per heavy atom. The number of aryl methyl sites for hydroxylation is 1. The molecule has 0 aliphatic carbocycles. The number of hydrogen-bond acceptors (Lipinski definition) is 6. The average Bonchev–Trinajstić information content (AvgIpc) is 3.16. The van der Waals surface area contributed by atoms with Crippen molar-refractivity contribution in [3.05, 3.63) is 94.9 Å². The Bertz CT molecular complexity index is 1340. The molecule has 4 rings (SSSR count). The van der Waals surface area contributed by atoms with Crippen LogP contribution in [-0.2, 0) is 20.8 Å². The number of ether oxygens (including phenoxy) is 1. The number of nitrogens with zero attached hydrogens (tertiary/aromatic N) is 1. The average molecular weight is 516 g/mol. The van der Waals surface area contributed by atoms with E-state index in [9.17, 15) is 19.2 Å². The Morgan fingerprint density at radius 2 is 1.51 bits per heavy atom. The normalized spacial score (nSPS) is 14.1. The first-order chi connectivity index (χ1) is 17.9. The highest BCUT2D eigenvalue weighted by molar-refractivity contribution is 8.18. The largest absolute Gasteiger partial charge is 0.483 e. The van der Waals surface area contributed by atoms with Crippen LogP contribution in [-0.4, -0.2) is 41.0 Å². The summed E-state index contributed by atoms with van der Waals surface area (Å²) >= 11 is 0.748. The second-order valence-electron chi connectivity index (χ2n) is 8.11. The van der Waals surface area contributed by atoms with Crippen molar-refractivity contribution in [3.8, 4) is 5.75 Å². The Hall–Kier alpha value is -4.37. The fourth-order valence-corrected chi connectivity index (χ4v) is 4.37. The van der Waals surface area contributed by atoms with E-state index in [4.69, 9.17) is 4.74 Å². The summed E-state index contributed by atoms with van der Waals surface area (Å²) in [5.41, 5.74) is 2.91. The third-order valence-corrected chi connectivity index (χ3v) is 6.35. The van der Waals surface area contributed by atoms with Crippen molar-refractivity contribution >= 4 is 52.2 Å². The van der Waals surface area contributed by atoms with Crippen molar-refractivity contribution in [2.24, 2.45) is 0 Å². The lowest BCUT2D eigenvalue weighted by atomic mass is 10.1. The number of para-hydroxylation sites is 2. The standard InChI is InChI=1S/C28H25N3O5S/c1-2-19-12-14-22(15-13-19)29-25(32)17-31-27(34)24(37-28(31)35)16-20-8-6-7-11-23(20)36-18-26(33)30-21-9-4-3-5-10-21/h3-16H,2,17-18H2,1H3,(H,29,32)(H,30,33)/b24-16+. The van der Waals surface area contributed by atoms with Crippen LogP contribution in [0.5, 0.6) is 5.75 Å². The summed E-state index contributed by atoms with van der Waals surface area (Å²) in [5.74, 6) is -0.994. The molecular weight excluding hydrogens is 490 g/mol. The minimum Gasteiger partial charge on any atom is -0.483 e. The van der Waals surface area contributed by atoms with Crippen molar-refractivity contribution in [1.82, 2.24) is 4.90 Å². The smallest absolute Gasteiger partial charge is 0.294 e. The van der Waals surface area contributed by atoms with E-state index in [2.05, 4.69) is 10.6 Å². The Morgan fingerprint density at radius 3 is 2.24 bits per heavy atom. The Labute approximate surface area is 218 Å². The quantitative estimate of drug-likeness (QED) is 0.391. The van der Waals surface area contributed by atoms with Gasteiger partial charge < -0.3 is 15.4 Å². The summed E-state index contributed by atoms with van der Waals surface area (Å²) in [7, 11) is 0. The molecule has 0 spiro atoms. The molecule has 2 N–H and O–H groups in total. The molecule has 0 atom stereocenters. The molecule has 8 nitrogen and oxygen atoms in total. The Balaban J connectivity index is 1.38. The lowest BCUT2D eigenvalue weighted by Gasteiger charge is -2.13. The lowest BCUT2D eigenvalue weighted by Crippen LogP contribution is -2.36. The summed E-state index contributed by atoms with van der Waals surface area (Å²) in [6, 6.07) is 23.3. The van der Waals surface area contributed by atoms with Crippen LogP contribution in [0.1, 0.15) is 18.1 Å². The summed E-state index contributed by atoms with van der Waals surface area (Å²) in [6.07, 6.45) is 2.41. The number of amides is 4.